The van der Waals surface area contributed by atoms with Gasteiger partial charge in [0.15, 0.2) is 0 Å². The minimum Gasteiger partial charge on any atom is -0.495 e. The van der Waals surface area contributed by atoms with E-state index < -0.39 is 15.6 Å². The fraction of sp³-hybridized carbons (Fsp3) is 0.292. The Bertz CT molecular complexity index is 1250. The number of ether oxygens (including phenoxy) is 1. The summed E-state index contributed by atoms with van der Waals surface area (Å²) in [6.07, 6.45) is 2.47. The maximum Gasteiger partial charge on any atom is 0.268 e. The molecule has 0 unspecified atom stereocenters. The van der Waals surface area contributed by atoms with E-state index in [9.17, 15) is 13.2 Å². The highest BCUT2D eigenvalue weighted by molar-refractivity contribution is 7.89. The molecule has 0 spiro atoms. The number of hydrogen-bond acceptors (Lipinski definition) is 6. The molecule has 2 heterocycles. The van der Waals surface area contributed by atoms with Crippen LogP contribution in [-0.4, -0.2) is 56.8 Å². The van der Waals surface area contributed by atoms with E-state index in [2.05, 4.69) is 9.80 Å². The molecule has 8 heteroatoms. The molecule has 0 saturated carbocycles. The zero-order chi connectivity index (χ0) is 22.7. The first kappa shape index (κ1) is 22.1. The fourth-order valence-corrected chi connectivity index (χ4v) is 4.76. The van der Waals surface area contributed by atoms with Gasteiger partial charge in [-0.15, -0.1) is 0 Å². The molecular formula is C24H27N3O4S. The fourth-order valence-electron chi connectivity index (χ4n) is 4.04. The molecule has 2 aromatic carbocycles. The van der Waals surface area contributed by atoms with E-state index in [1.807, 2.05) is 60.7 Å². The van der Waals surface area contributed by atoms with Gasteiger partial charge in [0.2, 0.25) is 10.0 Å². The Hall–Kier alpha value is -3.10. The predicted molar refractivity (Wildman–Crippen MR) is 127 cm³/mol. The molecule has 1 saturated heterocycles. The number of aromatic nitrogens is 1. The molecule has 168 valence electrons. The van der Waals surface area contributed by atoms with Gasteiger partial charge < -0.3 is 9.64 Å². The maximum atomic E-state index is 13.0. The van der Waals surface area contributed by atoms with Crippen LogP contribution in [0.15, 0.2) is 71.7 Å². The minimum absolute atomic E-state index is 0.398. The van der Waals surface area contributed by atoms with Crippen molar-refractivity contribution in [3.8, 4) is 16.9 Å². The summed E-state index contributed by atoms with van der Waals surface area (Å²) in [7, 11) is -2.05. The zero-order valence-electron chi connectivity index (χ0n) is 18.3. The number of nitrogens with zero attached hydrogens (tertiary/aromatic N) is 3. The van der Waals surface area contributed by atoms with Crippen molar-refractivity contribution < 1.29 is 13.2 Å². The van der Waals surface area contributed by atoms with Crippen LogP contribution in [0.5, 0.6) is 5.75 Å². The predicted octanol–water partition coefficient (Wildman–Crippen LogP) is 2.65. The van der Waals surface area contributed by atoms with Gasteiger partial charge in [0, 0.05) is 44.5 Å². The van der Waals surface area contributed by atoms with Crippen LogP contribution >= 0.6 is 0 Å². The van der Waals surface area contributed by atoms with Gasteiger partial charge in [-0.25, -0.2) is 12.4 Å². The normalized spacial score (nSPS) is 15.0. The summed E-state index contributed by atoms with van der Waals surface area (Å²) in [4.78, 5) is 17.4. The van der Waals surface area contributed by atoms with Crippen LogP contribution in [0.3, 0.4) is 0 Å². The zero-order valence-corrected chi connectivity index (χ0v) is 19.1. The molecule has 3 aromatic rings. The second kappa shape index (κ2) is 9.18. The first-order chi connectivity index (χ1) is 15.4. The molecule has 0 aliphatic carbocycles. The number of piperazine rings is 1. The smallest absolute Gasteiger partial charge is 0.268 e. The van der Waals surface area contributed by atoms with Crippen molar-refractivity contribution in [1.29, 1.82) is 0 Å². The molecule has 1 aromatic heterocycles. The molecule has 0 amide bonds. The minimum atomic E-state index is -3.72. The molecule has 0 N–H and O–H groups in total. The van der Waals surface area contributed by atoms with E-state index in [0.717, 1.165) is 53.4 Å². The lowest BCUT2D eigenvalue weighted by atomic mass is 10.1. The molecule has 0 radical (unpaired) electrons. The average Bonchev–Trinajstić information content (AvgIpc) is 2.80. The molecule has 1 aliphatic rings. The van der Waals surface area contributed by atoms with Crippen LogP contribution in [0.1, 0.15) is 5.56 Å². The molecule has 0 bridgehead atoms. The second-order valence-corrected chi connectivity index (χ2v) is 9.78. The third-order valence-electron chi connectivity index (χ3n) is 5.72. The Labute approximate surface area is 188 Å². The summed E-state index contributed by atoms with van der Waals surface area (Å²) in [6.45, 7) is 3.49. The van der Waals surface area contributed by atoms with Crippen LogP contribution in [0.4, 0.5) is 5.69 Å². The van der Waals surface area contributed by atoms with Gasteiger partial charge in [-0.05, 0) is 29.3 Å². The lowest BCUT2D eigenvalue weighted by molar-refractivity contribution is 0.248. The number of anilines is 1. The van der Waals surface area contributed by atoms with Crippen molar-refractivity contribution in [2.45, 2.75) is 6.54 Å². The number of rotatable bonds is 6. The summed E-state index contributed by atoms with van der Waals surface area (Å²) in [5.41, 5.74) is 2.62. The highest BCUT2D eigenvalue weighted by Crippen LogP contribution is 2.28. The van der Waals surface area contributed by atoms with E-state index in [0.29, 0.717) is 17.7 Å². The summed E-state index contributed by atoms with van der Waals surface area (Å²) >= 11 is 0. The number of benzene rings is 2. The van der Waals surface area contributed by atoms with E-state index in [1.165, 1.54) is 6.20 Å². The third kappa shape index (κ3) is 4.71. The molecule has 1 aliphatic heterocycles. The first-order valence-electron chi connectivity index (χ1n) is 10.5. The van der Waals surface area contributed by atoms with Crippen LogP contribution in [0, 0.1) is 0 Å². The van der Waals surface area contributed by atoms with Gasteiger partial charge in [0.25, 0.3) is 5.56 Å². The lowest BCUT2D eigenvalue weighted by Gasteiger charge is -2.36. The van der Waals surface area contributed by atoms with Gasteiger partial charge >= 0.3 is 0 Å². The third-order valence-corrected chi connectivity index (χ3v) is 6.70. The van der Waals surface area contributed by atoms with Crippen molar-refractivity contribution in [2.24, 2.45) is 0 Å². The van der Waals surface area contributed by atoms with E-state index in [-0.39, 0.29) is 0 Å². The summed E-state index contributed by atoms with van der Waals surface area (Å²) in [6, 6.07) is 19.2. The van der Waals surface area contributed by atoms with Gasteiger partial charge in [-0.2, -0.15) is 0 Å². The number of para-hydroxylation sites is 2. The van der Waals surface area contributed by atoms with E-state index in [4.69, 9.17) is 4.74 Å². The molecule has 0 atom stereocenters. The average molecular weight is 454 g/mol. The quantitative estimate of drug-likeness (QED) is 0.572. The van der Waals surface area contributed by atoms with Crippen LogP contribution in [0.25, 0.3) is 11.1 Å². The maximum absolute atomic E-state index is 13.0. The topological polar surface area (TPSA) is 71.8 Å². The molecular weight excluding hydrogens is 426 g/mol. The molecule has 7 nitrogen and oxygen atoms in total. The largest absolute Gasteiger partial charge is 0.495 e. The van der Waals surface area contributed by atoms with Gasteiger partial charge in [0.05, 0.1) is 19.1 Å². The number of hydrogen-bond donors (Lipinski definition) is 0. The first-order valence-corrected chi connectivity index (χ1v) is 12.3. The Morgan fingerprint density at radius 1 is 0.906 bits per heavy atom. The standard InChI is InChI=1S/C24H27N3O4S/c1-31-23-11-7-6-10-22(23)26-14-12-25(13-15-26)17-21-16-20(19-8-4-3-5-9-19)18-27(24(21)28)32(2,29)30/h3-11,16,18H,12-15,17H2,1-2H3. The van der Waals surface area contributed by atoms with Crippen molar-refractivity contribution in [1.82, 2.24) is 8.87 Å². The Morgan fingerprint density at radius 2 is 1.56 bits per heavy atom. The monoisotopic (exact) mass is 453 g/mol. The summed E-state index contributed by atoms with van der Waals surface area (Å²) in [5.74, 6) is 0.840. The Morgan fingerprint density at radius 3 is 2.22 bits per heavy atom. The van der Waals surface area contributed by atoms with Crippen molar-refractivity contribution >= 4 is 15.7 Å². The van der Waals surface area contributed by atoms with E-state index >= 15 is 0 Å². The Balaban J connectivity index is 1.58. The molecule has 1 fully saturated rings. The SMILES string of the molecule is COc1ccccc1N1CCN(Cc2cc(-c3ccccc3)cn(S(C)(=O)=O)c2=O)CC1. The highest BCUT2D eigenvalue weighted by atomic mass is 32.2. The van der Waals surface area contributed by atoms with E-state index in [1.54, 1.807) is 7.11 Å². The van der Waals surface area contributed by atoms with Crippen LogP contribution < -0.4 is 15.2 Å². The lowest BCUT2D eigenvalue weighted by Crippen LogP contribution is -2.46. The highest BCUT2D eigenvalue weighted by Gasteiger charge is 2.22. The Kier molecular flexibility index (Phi) is 6.34. The number of pyridine rings is 1. The van der Waals surface area contributed by atoms with Crippen molar-refractivity contribution in [3.63, 3.8) is 0 Å². The van der Waals surface area contributed by atoms with Crippen LogP contribution in [0.2, 0.25) is 0 Å². The molecule has 4 rings (SSSR count). The van der Waals surface area contributed by atoms with Crippen molar-refractivity contribution in [2.75, 3.05) is 44.4 Å². The van der Waals surface area contributed by atoms with Gasteiger partial charge in [-0.1, -0.05) is 42.5 Å². The summed E-state index contributed by atoms with van der Waals surface area (Å²) in [5, 5.41) is 0. The van der Waals surface area contributed by atoms with Gasteiger partial charge in [-0.3, -0.25) is 9.69 Å². The van der Waals surface area contributed by atoms with Crippen molar-refractivity contribution in [3.05, 3.63) is 82.8 Å². The number of methoxy groups -OCH3 is 1. The molecule has 32 heavy (non-hydrogen) atoms. The van der Waals surface area contributed by atoms with Crippen LogP contribution in [-0.2, 0) is 16.6 Å². The summed E-state index contributed by atoms with van der Waals surface area (Å²) < 4.78 is 30.9. The van der Waals surface area contributed by atoms with Gasteiger partial charge in [0.1, 0.15) is 5.75 Å². The second-order valence-electron chi connectivity index (χ2n) is 7.92.